The summed E-state index contributed by atoms with van der Waals surface area (Å²) in [5.74, 6) is 0. The Labute approximate surface area is 276 Å². The molecule has 2 aromatic carbocycles. The number of nitrogens with zero attached hydrogens (tertiary/aromatic N) is 5. The second kappa shape index (κ2) is 13.1. The Morgan fingerprint density at radius 1 is 0.500 bits per heavy atom. The molecule has 0 bridgehead atoms. The first kappa shape index (κ1) is 32.7. The Hall–Kier alpha value is -5.28. The van der Waals surface area contributed by atoms with Crippen molar-refractivity contribution < 1.29 is 26.3 Å². The summed E-state index contributed by atoms with van der Waals surface area (Å²) in [4.78, 5) is 13.5. The van der Waals surface area contributed by atoms with Crippen molar-refractivity contribution in [3.8, 4) is 43.9 Å². The predicted octanol–water partition coefficient (Wildman–Crippen LogP) is 9.51. The Morgan fingerprint density at radius 2 is 0.875 bits per heavy atom. The number of halogens is 6. The van der Waals surface area contributed by atoms with Gasteiger partial charge in [-0.25, -0.2) is 15.0 Å². The number of nitrogens with one attached hydrogen (secondary N) is 2. The van der Waals surface area contributed by atoms with Crippen molar-refractivity contribution in [1.29, 1.82) is 10.8 Å². The number of pyridine rings is 3. The standard InChI is InChI=1S/C33H19F6N7S2/c34-32(35,36)20-14-10-18(11-15-20)22-4-1-6-24(42-22)28(40)47-29(41)25-7-3-9-27(44-25)31-46-45-30(48-31)26-8-2-5-23(43-26)19-12-16-21(17-13-19)33(37,38)39/h1-17,40-41H. The highest BCUT2D eigenvalue weighted by Gasteiger charge is 2.31. The molecule has 0 spiro atoms. The zero-order valence-corrected chi connectivity index (χ0v) is 25.8. The lowest BCUT2D eigenvalue weighted by atomic mass is 10.1. The minimum Gasteiger partial charge on any atom is -0.292 e. The van der Waals surface area contributed by atoms with E-state index in [-0.39, 0.29) is 21.5 Å². The molecule has 0 atom stereocenters. The second-order valence-corrected chi connectivity index (χ2v) is 12.0. The van der Waals surface area contributed by atoms with Gasteiger partial charge in [-0.2, -0.15) is 26.3 Å². The smallest absolute Gasteiger partial charge is 0.292 e. The second-order valence-electron chi connectivity index (χ2n) is 10.0. The SMILES string of the molecule is N=C(SC(=N)c1cccc(-c2nnc(-c3cccc(-c4ccc(C(F)(F)F)cc4)n3)s2)n1)c1cccc(-c2ccc(C(F)(F)F)cc2)n1. The van der Waals surface area contributed by atoms with Crippen molar-refractivity contribution >= 4 is 33.2 Å². The van der Waals surface area contributed by atoms with E-state index in [1.165, 1.54) is 35.6 Å². The average molecular weight is 692 g/mol. The predicted molar refractivity (Wildman–Crippen MR) is 173 cm³/mol. The van der Waals surface area contributed by atoms with Gasteiger partial charge in [-0.05, 0) is 72.4 Å². The van der Waals surface area contributed by atoms with Crippen molar-refractivity contribution in [1.82, 2.24) is 25.1 Å². The van der Waals surface area contributed by atoms with Crippen LogP contribution in [-0.4, -0.2) is 35.2 Å². The zero-order chi connectivity index (χ0) is 34.1. The maximum Gasteiger partial charge on any atom is 0.416 e. The van der Waals surface area contributed by atoms with Crippen LogP contribution in [0.25, 0.3) is 43.9 Å². The van der Waals surface area contributed by atoms with Gasteiger partial charge in [-0.1, -0.05) is 53.8 Å². The fourth-order valence-electron chi connectivity index (χ4n) is 4.41. The molecule has 6 rings (SSSR count). The third kappa shape index (κ3) is 7.31. The molecular formula is C33H19F6N7S2. The molecule has 4 heterocycles. The van der Waals surface area contributed by atoms with Crippen LogP contribution in [0.3, 0.4) is 0 Å². The van der Waals surface area contributed by atoms with Crippen molar-refractivity contribution in [2.75, 3.05) is 0 Å². The molecule has 0 unspecified atom stereocenters. The highest BCUT2D eigenvalue weighted by atomic mass is 32.2. The maximum atomic E-state index is 13.0. The van der Waals surface area contributed by atoms with Crippen molar-refractivity contribution in [2.24, 2.45) is 0 Å². The average Bonchev–Trinajstić information content (AvgIpc) is 3.59. The van der Waals surface area contributed by atoms with Gasteiger partial charge in [-0.15, -0.1) is 10.2 Å². The summed E-state index contributed by atoms with van der Waals surface area (Å²) in [5, 5.41) is 26.3. The molecule has 0 radical (unpaired) electrons. The minimum absolute atomic E-state index is 0.0424. The van der Waals surface area contributed by atoms with Crippen LogP contribution in [0.1, 0.15) is 22.5 Å². The molecule has 48 heavy (non-hydrogen) atoms. The molecule has 15 heteroatoms. The van der Waals surface area contributed by atoms with Crippen molar-refractivity contribution in [2.45, 2.75) is 12.4 Å². The fourth-order valence-corrected chi connectivity index (χ4v) is 5.84. The zero-order valence-electron chi connectivity index (χ0n) is 24.1. The number of alkyl halides is 6. The summed E-state index contributed by atoms with van der Waals surface area (Å²) in [6.07, 6.45) is -8.90. The molecular weight excluding hydrogens is 673 g/mol. The van der Waals surface area contributed by atoms with Gasteiger partial charge in [-0.3, -0.25) is 10.8 Å². The summed E-state index contributed by atoms with van der Waals surface area (Å²) >= 11 is 2.00. The van der Waals surface area contributed by atoms with E-state index in [1.807, 2.05) is 0 Å². The van der Waals surface area contributed by atoms with Crippen molar-refractivity contribution in [3.63, 3.8) is 0 Å². The molecule has 0 saturated heterocycles. The number of aromatic nitrogens is 5. The summed E-state index contributed by atoms with van der Waals surface area (Å²) in [6, 6.07) is 24.2. The third-order valence-electron chi connectivity index (χ3n) is 6.80. The van der Waals surface area contributed by atoms with E-state index in [1.54, 1.807) is 54.6 Å². The Morgan fingerprint density at radius 3 is 1.33 bits per heavy atom. The summed E-state index contributed by atoms with van der Waals surface area (Å²) in [7, 11) is 0. The summed E-state index contributed by atoms with van der Waals surface area (Å²) < 4.78 is 77.7. The fraction of sp³-hybridized carbons (Fsp3) is 0.0606. The minimum atomic E-state index is -4.46. The Balaban J connectivity index is 1.16. The Bertz CT molecular complexity index is 2130. The van der Waals surface area contributed by atoms with Crippen LogP contribution >= 0.6 is 23.1 Å². The summed E-state index contributed by atoms with van der Waals surface area (Å²) in [6.45, 7) is 0. The molecule has 2 N–H and O–H groups in total. The van der Waals surface area contributed by atoms with Crippen LogP contribution < -0.4 is 0 Å². The lowest BCUT2D eigenvalue weighted by molar-refractivity contribution is -0.138. The van der Waals surface area contributed by atoms with Crippen LogP contribution in [0.5, 0.6) is 0 Å². The molecule has 4 aromatic heterocycles. The molecule has 0 aliphatic rings. The summed E-state index contributed by atoms with van der Waals surface area (Å²) in [5.41, 5.74) is 1.66. The van der Waals surface area contributed by atoms with Crippen molar-refractivity contribution in [3.05, 3.63) is 126 Å². The first-order valence-electron chi connectivity index (χ1n) is 13.8. The first-order chi connectivity index (χ1) is 22.8. The number of rotatable bonds is 6. The van der Waals surface area contributed by atoms with Gasteiger partial charge in [0.05, 0.1) is 33.9 Å². The Kier molecular flexibility index (Phi) is 8.90. The van der Waals surface area contributed by atoms with Crippen LogP contribution in [-0.2, 0) is 12.4 Å². The number of hydrogen-bond acceptors (Lipinski definition) is 9. The lowest BCUT2D eigenvalue weighted by Gasteiger charge is -2.09. The maximum absolute atomic E-state index is 13.0. The van der Waals surface area contributed by atoms with E-state index in [2.05, 4.69) is 25.1 Å². The number of thioether (sulfide) groups is 1. The van der Waals surface area contributed by atoms with E-state index in [4.69, 9.17) is 10.8 Å². The molecule has 6 aromatic rings. The van der Waals surface area contributed by atoms with E-state index >= 15 is 0 Å². The normalized spacial score (nSPS) is 11.8. The highest BCUT2D eigenvalue weighted by Crippen LogP contribution is 2.33. The first-order valence-corrected chi connectivity index (χ1v) is 15.4. The molecule has 0 saturated carbocycles. The topological polar surface area (TPSA) is 112 Å². The van der Waals surface area contributed by atoms with Gasteiger partial charge in [0.2, 0.25) is 0 Å². The molecule has 7 nitrogen and oxygen atoms in total. The van der Waals surface area contributed by atoms with E-state index in [0.29, 0.717) is 43.9 Å². The molecule has 240 valence electrons. The van der Waals surface area contributed by atoms with Gasteiger partial charge in [0, 0.05) is 11.1 Å². The quantitative estimate of drug-likeness (QED) is 0.102. The van der Waals surface area contributed by atoms with Gasteiger partial charge in [0.15, 0.2) is 10.0 Å². The van der Waals surface area contributed by atoms with Gasteiger partial charge >= 0.3 is 12.4 Å². The van der Waals surface area contributed by atoms with Gasteiger partial charge in [0.1, 0.15) is 21.5 Å². The van der Waals surface area contributed by atoms with E-state index in [0.717, 1.165) is 36.0 Å². The molecule has 0 fully saturated rings. The van der Waals surface area contributed by atoms with Crippen LogP contribution in [0, 0.1) is 10.8 Å². The molecule has 0 aliphatic carbocycles. The lowest BCUT2D eigenvalue weighted by Crippen LogP contribution is -2.06. The highest BCUT2D eigenvalue weighted by molar-refractivity contribution is 8.27. The third-order valence-corrected chi connectivity index (χ3v) is 8.59. The van der Waals surface area contributed by atoms with Crippen LogP contribution in [0.4, 0.5) is 26.3 Å². The molecule has 0 aliphatic heterocycles. The number of hydrogen-bond donors (Lipinski definition) is 2. The van der Waals surface area contributed by atoms with Crippen LogP contribution in [0.2, 0.25) is 0 Å². The van der Waals surface area contributed by atoms with Gasteiger partial charge in [0.25, 0.3) is 0 Å². The largest absolute Gasteiger partial charge is 0.416 e. The number of benzene rings is 2. The molecule has 0 amide bonds. The van der Waals surface area contributed by atoms with Gasteiger partial charge < -0.3 is 0 Å². The van der Waals surface area contributed by atoms with E-state index in [9.17, 15) is 26.3 Å². The monoisotopic (exact) mass is 691 g/mol. The van der Waals surface area contributed by atoms with Crippen LogP contribution in [0.15, 0.2) is 103 Å². The van der Waals surface area contributed by atoms with E-state index < -0.39 is 23.5 Å².